The zero-order chi connectivity index (χ0) is 63.4. The summed E-state index contributed by atoms with van der Waals surface area (Å²) in [4.78, 5) is 14.0. The van der Waals surface area contributed by atoms with Crippen molar-refractivity contribution in [3.05, 3.63) is 251 Å². The maximum atomic E-state index is 14.0. The zero-order valence-electron chi connectivity index (χ0n) is 54.0. The van der Waals surface area contributed by atoms with Gasteiger partial charge in [-0.1, -0.05) is 264 Å². The van der Waals surface area contributed by atoms with Crippen LogP contribution in [-0.4, -0.2) is 92.3 Å². The summed E-state index contributed by atoms with van der Waals surface area (Å²) in [6.45, 7) is 9.35. The molecule has 0 aliphatic carbocycles. The molecule has 0 radical (unpaired) electrons. The van der Waals surface area contributed by atoms with E-state index in [0.29, 0.717) is 13.2 Å². The molecule has 2 saturated heterocycles. The minimum Gasteiger partial charge on any atom is -0.457 e. The summed E-state index contributed by atoms with van der Waals surface area (Å²) in [6, 6.07) is 70.5. The summed E-state index contributed by atoms with van der Waals surface area (Å²) in [5.74, 6) is -3.33. The van der Waals surface area contributed by atoms with E-state index < -0.39 is 72.5 Å². The molecule has 9 rings (SSSR count). The first-order valence-corrected chi connectivity index (χ1v) is 32.9. The highest BCUT2D eigenvalue weighted by Gasteiger charge is 2.60. The van der Waals surface area contributed by atoms with Gasteiger partial charge >= 0.3 is 5.97 Å². The fourth-order valence-electron chi connectivity index (χ4n) is 12.3. The molecule has 0 spiro atoms. The van der Waals surface area contributed by atoms with Gasteiger partial charge in [0.15, 0.2) is 17.7 Å². The molecule has 0 bridgehead atoms. The molecule has 0 saturated carbocycles. The number of rotatable bonds is 38. The van der Waals surface area contributed by atoms with E-state index in [9.17, 15) is 4.79 Å². The van der Waals surface area contributed by atoms with Crippen LogP contribution in [0.3, 0.4) is 0 Å². The lowest BCUT2D eigenvalue weighted by atomic mass is 9.84. The van der Waals surface area contributed by atoms with Gasteiger partial charge in [-0.25, -0.2) is 0 Å². The van der Waals surface area contributed by atoms with Crippen LogP contribution >= 0.6 is 0 Å². The lowest BCUT2D eigenvalue weighted by molar-refractivity contribution is -0.387. The molecule has 7 aromatic carbocycles. The van der Waals surface area contributed by atoms with Gasteiger partial charge in [-0.15, -0.1) is 0 Å². The standard InChI is InChI=1S/C78H96O13/c1-6-7-8-9-10-11-33-48-67(82-52-61-36-21-13-22-37-61)50-78(80-5)76(87-57-66-46-31-18-32-47-66)75(86-56-65-44-29-17-30-45-65)71(88-59(2)79)69(89-78)49-68(83-53-62-38-23-14-24-39-62)72-74(85-55-64-42-27-16-28-43-64)73(91-77(3,4)90-72)70(84-54-63-40-25-15-26-41-63)58-81-51-60-34-19-12-20-35-60/h12-32,34-47,67-76H,6-11,33,48-58H2,1-5H3/t67-,68+,69-,70+,71-,72-,73+,74+,75+,76+,78+/m1/s1. The van der Waals surface area contributed by atoms with Gasteiger partial charge in [-0.3, -0.25) is 4.79 Å². The Morgan fingerprint density at radius 3 is 1.31 bits per heavy atom. The summed E-state index contributed by atoms with van der Waals surface area (Å²) in [5, 5.41) is 0. The number of ether oxygens (including phenoxy) is 12. The van der Waals surface area contributed by atoms with E-state index in [-0.39, 0.29) is 58.6 Å². The first-order chi connectivity index (χ1) is 44.6. The smallest absolute Gasteiger partial charge is 0.303 e. The third-order valence-electron chi connectivity index (χ3n) is 16.9. The summed E-state index contributed by atoms with van der Waals surface area (Å²) < 4.78 is 85.7. The SMILES string of the molecule is CCCCCCCCC[C@H](C[C@]1(OC)O[C@H](C[C@H](OCc2ccccc2)[C@H]2OC(C)(C)O[C@@H]([C@H](COCc3ccccc3)OCc3ccccc3)[C@H]2OCc2ccccc2)[C@@H](OC(C)=O)[C@H](OCc2ccccc2)[C@@H]1OCc1ccccc1)OCc1ccccc1. The predicted octanol–water partition coefficient (Wildman–Crippen LogP) is 15.8. The Kier molecular flexibility index (Phi) is 27.8. The Hall–Kier alpha value is -6.43. The summed E-state index contributed by atoms with van der Waals surface area (Å²) in [7, 11) is 1.67. The van der Waals surface area contributed by atoms with Crippen LogP contribution in [0.1, 0.15) is 131 Å². The number of carbonyl (C=O) groups excluding carboxylic acids is 1. The van der Waals surface area contributed by atoms with E-state index >= 15 is 0 Å². The molecule has 91 heavy (non-hydrogen) atoms. The average Bonchev–Trinajstić information content (AvgIpc) is 0.858. The number of hydrogen-bond acceptors (Lipinski definition) is 13. The molecule has 2 fully saturated rings. The first-order valence-electron chi connectivity index (χ1n) is 32.9. The van der Waals surface area contributed by atoms with Crippen molar-refractivity contribution in [1.82, 2.24) is 0 Å². The summed E-state index contributed by atoms with van der Waals surface area (Å²) in [5.41, 5.74) is 6.79. The third kappa shape index (κ3) is 21.8. The van der Waals surface area contributed by atoms with Gasteiger partial charge in [-0.05, 0) is 59.2 Å². The fourth-order valence-corrected chi connectivity index (χ4v) is 12.3. The number of benzene rings is 7. The highest BCUT2D eigenvalue weighted by atomic mass is 16.8. The average molecular weight is 1240 g/mol. The molecular formula is C78H96O13. The maximum absolute atomic E-state index is 14.0. The van der Waals surface area contributed by atoms with Crippen molar-refractivity contribution in [1.29, 1.82) is 0 Å². The second-order valence-electron chi connectivity index (χ2n) is 24.5. The molecule has 486 valence electrons. The van der Waals surface area contributed by atoms with E-state index in [2.05, 4.69) is 19.1 Å². The molecule has 2 aliphatic heterocycles. The van der Waals surface area contributed by atoms with Gasteiger partial charge in [0.25, 0.3) is 0 Å². The van der Waals surface area contributed by atoms with Crippen molar-refractivity contribution < 1.29 is 61.6 Å². The van der Waals surface area contributed by atoms with Gasteiger partial charge in [-0.2, -0.15) is 0 Å². The number of methoxy groups -OCH3 is 1. The number of carbonyl (C=O) groups is 1. The van der Waals surface area contributed by atoms with Gasteiger partial charge in [0.05, 0.1) is 65.1 Å². The molecule has 7 aromatic rings. The van der Waals surface area contributed by atoms with Crippen LogP contribution in [0, 0.1) is 0 Å². The Labute approximate surface area is 540 Å². The predicted molar refractivity (Wildman–Crippen MR) is 352 cm³/mol. The normalized spacial score (nSPS) is 22.4. The molecular weight excluding hydrogens is 1140 g/mol. The molecule has 13 heteroatoms. The van der Waals surface area contributed by atoms with Crippen molar-refractivity contribution in [2.45, 2.75) is 211 Å². The van der Waals surface area contributed by atoms with Gasteiger partial charge in [0, 0.05) is 26.9 Å². The minimum absolute atomic E-state index is 0.0818. The lowest BCUT2D eigenvalue weighted by Crippen LogP contribution is -2.69. The Morgan fingerprint density at radius 1 is 0.451 bits per heavy atom. The highest BCUT2D eigenvalue weighted by Crippen LogP contribution is 2.44. The van der Waals surface area contributed by atoms with Crippen LogP contribution in [0.15, 0.2) is 212 Å². The topological polar surface area (TPSA) is 128 Å². The third-order valence-corrected chi connectivity index (χ3v) is 16.9. The van der Waals surface area contributed by atoms with Crippen LogP contribution in [0.25, 0.3) is 0 Å². The molecule has 2 aliphatic rings. The van der Waals surface area contributed by atoms with Crippen molar-refractivity contribution in [3.8, 4) is 0 Å². The molecule has 2 heterocycles. The highest BCUT2D eigenvalue weighted by molar-refractivity contribution is 5.66. The minimum atomic E-state index is -1.57. The Bertz CT molecular complexity index is 3070. The van der Waals surface area contributed by atoms with E-state index in [1.807, 2.05) is 214 Å². The van der Waals surface area contributed by atoms with Crippen molar-refractivity contribution in [3.63, 3.8) is 0 Å². The van der Waals surface area contributed by atoms with Crippen LogP contribution < -0.4 is 0 Å². The number of hydrogen-bond donors (Lipinski definition) is 0. The number of esters is 1. The summed E-state index contributed by atoms with van der Waals surface area (Å²) >= 11 is 0. The van der Waals surface area contributed by atoms with Crippen LogP contribution in [0.5, 0.6) is 0 Å². The number of unbranched alkanes of at least 4 members (excludes halogenated alkanes) is 6. The lowest BCUT2D eigenvalue weighted by Gasteiger charge is -2.54. The van der Waals surface area contributed by atoms with Crippen LogP contribution in [0.4, 0.5) is 0 Å². The largest absolute Gasteiger partial charge is 0.457 e. The first kappa shape index (κ1) is 68.9. The van der Waals surface area contributed by atoms with Crippen molar-refractivity contribution >= 4 is 5.97 Å². The van der Waals surface area contributed by atoms with E-state index in [1.54, 1.807) is 7.11 Å². The van der Waals surface area contributed by atoms with E-state index in [1.165, 1.54) is 32.6 Å². The molecule has 0 amide bonds. The van der Waals surface area contributed by atoms with E-state index in [0.717, 1.165) is 64.6 Å². The fraction of sp³-hybridized carbons (Fsp3) is 0.449. The van der Waals surface area contributed by atoms with Gasteiger partial charge < -0.3 is 56.8 Å². The molecule has 11 atom stereocenters. The molecule has 0 unspecified atom stereocenters. The van der Waals surface area contributed by atoms with E-state index in [4.69, 9.17) is 56.8 Å². The zero-order valence-corrected chi connectivity index (χ0v) is 54.0. The second-order valence-corrected chi connectivity index (χ2v) is 24.5. The van der Waals surface area contributed by atoms with Crippen LogP contribution in [0.2, 0.25) is 0 Å². The Balaban J connectivity index is 1.15. The van der Waals surface area contributed by atoms with Crippen molar-refractivity contribution in [2.24, 2.45) is 0 Å². The molecule has 0 aromatic heterocycles. The Morgan fingerprint density at radius 2 is 0.846 bits per heavy atom. The van der Waals surface area contributed by atoms with Gasteiger partial charge in [0.2, 0.25) is 0 Å². The molecule has 13 nitrogen and oxygen atoms in total. The monoisotopic (exact) mass is 1240 g/mol. The maximum Gasteiger partial charge on any atom is 0.303 e. The summed E-state index contributed by atoms with van der Waals surface area (Å²) in [6.07, 6.45) is 0.515. The molecule has 0 N–H and O–H groups in total. The second kappa shape index (κ2) is 36.7. The van der Waals surface area contributed by atoms with Crippen molar-refractivity contribution in [2.75, 3.05) is 13.7 Å². The van der Waals surface area contributed by atoms with Gasteiger partial charge in [0.1, 0.15) is 42.7 Å². The van der Waals surface area contributed by atoms with Crippen LogP contribution in [-0.2, 0) is 108 Å². The quantitative estimate of drug-likeness (QED) is 0.0269.